The molecule has 6 heteroatoms. The molecule has 0 fully saturated rings. The van der Waals surface area contributed by atoms with Gasteiger partial charge in [-0.1, -0.05) is 33.3 Å². The van der Waals surface area contributed by atoms with E-state index in [-0.39, 0.29) is 16.9 Å². The topological polar surface area (TPSA) is 101 Å². The Hall–Kier alpha value is -2.21. The third kappa shape index (κ3) is 5.16. The smallest absolute Gasteiger partial charge is 0.336 e. The number of hydrogen-bond donors (Lipinski definition) is 2. The lowest BCUT2D eigenvalue weighted by Crippen LogP contribution is -2.25. The van der Waals surface area contributed by atoms with Gasteiger partial charge in [-0.3, -0.25) is 4.79 Å². The number of aromatic carboxylic acids is 2. The minimum atomic E-state index is -1.38. The van der Waals surface area contributed by atoms with Gasteiger partial charge in [0.15, 0.2) is 5.78 Å². The predicted molar refractivity (Wildman–Crippen MR) is 88.8 cm³/mol. The summed E-state index contributed by atoms with van der Waals surface area (Å²) in [6.45, 7) is 6.47. The second-order valence-corrected chi connectivity index (χ2v) is 5.80. The Morgan fingerprint density at radius 3 is 2.17 bits per heavy atom. The average molecular weight is 336 g/mol. The van der Waals surface area contributed by atoms with E-state index in [1.54, 1.807) is 0 Å². The van der Waals surface area contributed by atoms with Crippen molar-refractivity contribution in [2.45, 2.75) is 46.1 Å². The fourth-order valence-corrected chi connectivity index (χ4v) is 2.24. The van der Waals surface area contributed by atoms with Crippen LogP contribution in [0.15, 0.2) is 18.2 Å². The molecule has 2 N–H and O–H groups in total. The summed E-state index contributed by atoms with van der Waals surface area (Å²) in [5.41, 5.74) is -0.597. The monoisotopic (exact) mass is 336 g/mol. The van der Waals surface area contributed by atoms with E-state index in [9.17, 15) is 14.4 Å². The van der Waals surface area contributed by atoms with E-state index in [0.717, 1.165) is 25.0 Å². The largest absolute Gasteiger partial charge is 0.478 e. The van der Waals surface area contributed by atoms with Crippen LogP contribution >= 0.6 is 0 Å². The van der Waals surface area contributed by atoms with E-state index in [4.69, 9.17) is 14.9 Å². The molecular formula is C18H24O6. The highest BCUT2D eigenvalue weighted by Gasteiger charge is 2.23. The molecule has 2 unspecified atom stereocenters. The summed E-state index contributed by atoms with van der Waals surface area (Å²) in [5.74, 6) is -2.55. The number of carbonyl (C=O) groups is 3. The van der Waals surface area contributed by atoms with E-state index in [1.807, 2.05) is 6.92 Å². The van der Waals surface area contributed by atoms with Crippen LogP contribution in [0, 0.1) is 5.92 Å². The number of carbonyl (C=O) groups excluding carboxylic acids is 1. The molecule has 1 aromatic rings. The summed E-state index contributed by atoms with van der Waals surface area (Å²) in [6, 6.07) is 3.58. The fraction of sp³-hybridized carbons (Fsp3) is 0.500. The van der Waals surface area contributed by atoms with E-state index in [2.05, 4.69) is 13.8 Å². The Labute approximate surface area is 141 Å². The van der Waals surface area contributed by atoms with Gasteiger partial charge >= 0.3 is 11.9 Å². The zero-order valence-corrected chi connectivity index (χ0v) is 14.2. The van der Waals surface area contributed by atoms with Crippen LogP contribution in [0.5, 0.6) is 0 Å². The molecule has 0 radical (unpaired) electrons. The highest BCUT2D eigenvalue weighted by Crippen LogP contribution is 2.17. The lowest BCUT2D eigenvalue weighted by Gasteiger charge is -2.17. The summed E-state index contributed by atoms with van der Waals surface area (Å²) >= 11 is 0. The van der Waals surface area contributed by atoms with E-state index < -0.39 is 23.6 Å². The zero-order chi connectivity index (χ0) is 18.3. The molecule has 1 rings (SSSR count). The van der Waals surface area contributed by atoms with Gasteiger partial charge in [0, 0.05) is 12.2 Å². The lowest BCUT2D eigenvalue weighted by atomic mass is 9.98. The van der Waals surface area contributed by atoms with Crippen LogP contribution in [-0.2, 0) is 4.74 Å². The standard InChI is InChI=1S/C18H24O6/c1-4-11(3)8-9-24-15(5-2)16(19)12-6-7-13(17(20)21)14(10-12)18(22)23/h6-7,10-11,15H,4-5,8-9H2,1-3H3,(H,20,21)(H,22,23). The normalized spacial score (nSPS) is 13.3. The number of rotatable bonds is 10. The van der Waals surface area contributed by atoms with Gasteiger partial charge in [0.2, 0.25) is 0 Å². The maximum Gasteiger partial charge on any atom is 0.336 e. The van der Waals surface area contributed by atoms with Gasteiger partial charge in [-0.2, -0.15) is 0 Å². The van der Waals surface area contributed by atoms with Gasteiger partial charge in [0.25, 0.3) is 0 Å². The summed E-state index contributed by atoms with van der Waals surface area (Å²) < 4.78 is 5.64. The van der Waals surface area contributed by atoms with Gasteiger partial charge in [0.05, 0.1) is 11.1 Å². The molecule has 132 valence electrons. The predicted octanol–water partition coefficient (Wildman–Crippen LogP) is 3.50. The summed E-state index contributed by atoms with van der Waals surface area (Å²) in [6.07, 6.45) is 1.68. The third-order valence-corrected chi connectivity index (χ3v) is 4.05. The van der Waals surface area contributed by atoms with Crippen molar-refractivity contribution in [1.82, 2.24) is 0 Å². The molecule has 0 aliphatic carbocycles. The summed E-state index contributed by atoms with van der Waals surface area (Å²) in [7, 11) is 0. The van der Waals surface area contributed by atoms with Crippen molar-refractivity contribution in [1.29, 1.82) is 0 Å². The van der Waals surface area contributed by atoms with Crippen LogP contribution in [0.3, 0.4) is 0 Å². The molecule has 0 saturated heterocycles. The van der Waals surface area contributed by atoms with Gasteiger partial charge in [0.1, 0.15) is 6.10 Å². The first-order valence-electron chi connectivity index (χ1n) is 8.08. The van der Waals surface area contributed by atoms with Crippen LogP contribution in [0.2, 0.25) is 0 Å². The van der Waals surface area contributed by atoms with E-state index in [1.165, 1.54) is 6.07 Å². The Bertz CT molecular complexity index is 608. The lowest BCUT2D eigenvalue weighted by molar-refractivity contribution is 0.0354. The Kier molecular flexibility index (Phi) is 7.58. The van der Waals surface area contributed by atoms with Gasteiger partial charge in [-0.05, 0) is 30.9 Å². The molecule has 0 heterocycles. The molecular weight excluding hydrogens is 312 g/mol. The minimum Gasteiger partial charge on any atom is -0.478 e. The van der Waals surface area contributed by atoms with Crippen molar-refractivity contribution < 1.29 is 29.3 Å². The maximum atomic E-state index is 12.5. The molecule has 0 aliphatic rings. The first-order chi connectivity index (χ1) is 11.3. The van der Waals surface area contributed by atoms with Gasteiger partial charge in [-0.25, -0.2) is 9.59 Å². The Morgan fingerprint density at radius 1 is 1.04 bits per heavy atom. The highest BCUT2D eigenvalue weighted by molar-refractivity contribution is 6.06. The first kappa shape index (κ1) is 19.8. The van der Waals surface area contributed by atoms with Crippen LogP contribution in [0.25, 0.3) is 0 Å². The SMILES string of the molecule is CCC(C)CCOC(CC)C(=O)c1ccc(C(=O)O)c(C(=O)O)c1. The molecule has 2 atom stereocenters. The maximum absolute atomic E-state index is 12.5. The van der Waals surface area contributed by atoms with Gasteiger partial charge in [-0.15, -0.1) is 0 Å². The van der Waals surface area contributed by atoms with Crippen LogP contribution in [0.4, 0.5) is 0 Å². The number of ketones is 1. The third-order valence-electron chi connectivity index (χ3n) is 4.05. The molecule has 0 spiro atoms. The van der Waals surface area contributed by atoms with Gasteiger partial charge < -0.3 is 14.9 Å². The molecule has 24 heavy (non-hydrogen) atoms. The molecule has 1 aromatic carbocycles. The number of carboxylic acid groups (broad SMARTS) is 2. The first-order valence-corrected chi connectivity index (χ1v) is 8.08. The highest BCUT2D eigenvalue weighted by atomic mass is 16.5. The molecule has 0 bridgehead atoms. The molecule has 6 nitrogen and oxygen atoms in total. The fourth-order valence-electron chi connectivity index (χ4n) is 2.24. The second-order valence-electron chi connectivity index (χ2n) is 5.80. The van der Waals surface area contributed by atoms with E-state index in [0.29, 0.717) is 18.9 Å². The van der Waals surface area contributed by atoms with Crippen molar-refractivity contribution in [3.8, 4) is 0 Å². The molecule has 0 aliphatic heterocycles. The second kappa shape index (κ2) is 9.17. The van der Waals surface area contributed by atoms with Crippen molar-refractivity contribution >= 4 is 17.7 Å². The van der Waals surface area contributed by atoms with Crippen molar-refractivity contribution in [3.05, 3.63) is 34.9 Å². The van der Waals surface area contributed by atoms with Crippen molar-refractivity contribution in [3.63, 3.8) is 0 Å². The quantitative estimate of drug-likeness (QED) is 0.634. The number of hydrogen-bond acceptors (Lipinski definition) is 4. The Morgan fingerprint density at radius 2 is 1.67 bits per heavy atom. The summed E-state index contributed by atoms with van der Waals surface area (Å²) in [4.78, 5) is 34.8. The van der Waals surface area contributed by atoms with Crippen LogP contribution < -0.4 is 0 Å². The van der Waals surface area contributed by atoms with Crippen molar-refractivity contribution in [2.24, 2.45) is 5.92 Å². The van der Waals surface area contributed by atoms with E-state index >= 15 is 0 Å². The summed E-state index contributed by atoms with van der Waals surface area (Å²) in [5, 5.41) is 18.2. The van der Waals surface area contributed by atoms with Crippen LogP contribution in [-0.4, -0.2) is 40.6 Å². The molecule has 0 saturated carbocycles. The number of Topliss-reactive ketones (excluding diaryl/α,β-unsaturated/α-hetero) is 1. The number of ether oxygens (including phenoxy) is 1. The number of carboxylic acids is 2. The van der Waals surface area contributed by atoms with Crippen molar-refractivity contribution in [2.75, 3.05) is 6.61 Å². The average Bonchev–Trinajstić information content (AvgIpc) is 2.57. The Balaban J connectivity index is 2.93. The number of benzene rings is 1. The molecule has 0 aromatic heterocycles. The minimum absolute atomic E-state index is 0.146. The zero-order valence-electron chi connectivity index (χ0n) is 14.2. The molecule has 0 amide bonds. The van der Waals surface area contributed by atoms with Crippen LogP contribution in [0.1, 0.15) is 71.1 Å².